The second-order valence-corrected chi connectivity index (χ2v) is 2.86. The Balaban J connectivity index is 4.17. The minimum Gasteiger partial charge on any atom is -0.425 e. The van der Waals surface area contributed by atoms with Crippen molar-refractivity contribution >= 4 is 11.9 Å². The van der Waals surface area contributed by atoms with E-state index >= 15 is 0 Å². The normalized spacial score (nSPS) is 12.0. The predicted octanol–water partition coefficient (Wildman–Crippen LogP) is 1.26. The summed E-state index contributed by atoms with van der Waals surface area (Å²) in [5.41, 5.74) is 0. The van der Waals surface area contributed by atoms with E-state index in [-0.39, 0.29) is 5.92 Å². The third kappa shape index (κ3) is 5.00. The Hall–Kier alpha value is -1.32. The van der Waals surface area contributed by atoms with Gasteiger partial charge in [0.1, 0.15) is 0 Å². The summed E-state index contributed by atoms with van der Waals surface area (Å²) in [5.74, 6) is -1.15. The van der Waals surface area contributed by atoms with E-state index < -0.39 is 18.2 Å². The van der Waals surface area contributed by atoms with E-state index in [0.717, 1.165) is 6.08 Å². The lowest BCUT2D eigenvalue weighted by molar-refractivity contribution is -0.190. The Morgan fingerprint density at radius 2 is 1.85 bits per heavy atom. The maximum absolute atomic E-state index is 10.8. The van der Waals surface area contributed by atoms with Gasteiger partial charge in [-0.2, -0.15) is 0 Å². The molecule has 4 heteroatoms. The molecule has 0 heterocycles. The van der Waals surface area contributed by atoms with Crippen molar-refractivity contribution in [1.29, 1.82) is 0 Å². The maximum atomic E-state index is 10.8. The smallest absolute Gasteiger partial charge is 0.333 e. The number of rotatable bonds is 4. The fourth-order valence-electron chi connectivity index (χ4n) is 0.622. The number of carbonyl (C=O) groups is 2. The molecule has 4 nitrogen and oxygen atoms in total. The number of hydrogen-bond acceptors (Lipinski definition) is 4. The van der Waals surface area contributed by atoms with Gasteiger partial charge in [-0.05, 0) is 0 Å². The van der Waals surface area contributed by atoms with E-state index in [4.69, 9.17) is 9.47 Å². The van der Waals surface area contributed by atoms with Crippen molar-refractivity contribution in [2.45, 2.75) is 27.1 Å². The Morgan fingerprint density at radius 3 is 2.15 bits per heavy atom. The monoisotopic (exact) mass is 186 g/mol. The molecule has 0 aromatic rings. The molecule has 13 heavy (non-hydrogen) atoms. The second kappa shape index (κ2) is 5.35. The Labute approximate surface area is 77.5 Å². The van der Waals surface area contributed by atoms with Gasteiger partial charge in [-0.3, -0.25) is 4.79 Å². The van der Waals surface area contributed by atoms with Crippen LogP contribution in [0.5, 0.6) is 0 Å². The summed E-state index contributed by atoms with van der Waals surface area (Å²) in [6, 6.07) is 0. The summed E-state index contributed by atoms with van der Waals surface area (Å²) < 4.78 is 9.53. The lowest BCUT2D eigenvalue weighted by atomic mass is 10.2. The van der Waals surface area contributed by atoms with Crippen LogP contribution in [0.3, 0.4) is 0 Å². The molecule has 74 valence electrons. The van der Waals surface area contributed by atoms with Gasteiger partial charge >= 0.3 is 11.9 Å². The van der Waals surface area contributed by atoms with Crippen LogP contribution in [0.15, 0.2) is 12.7 Å². The highest BCUT2D eigenvalue weighted by atomic mass is 16.7. The first-order valence-electron chi connectivity index (χ1n) is 3.97. The molecule has 0 N–H and O–H groups in total. The molecule has 0 fully saturated rings. The first kappa shape index (κ1) is 11.7. The first-order valence-corrected chi connectivity index (χ1v) is 3.97. The van der Waals surface area contributed by atoms with Gasteiger partial charge in [-0.15, -0.1) is 0 Å². The maximum Gasteiger partial charge on any atom is 0.333 e. The summed E-state index contributed by atoms with van der Waals surface area (Å²) in [5, 5.41) is 0. The molecule has 0 aromatic heterocycles. The van der Waals surface area contributed by atoms with Crippen molar-refractivity contribution in [3.8, 4) is 0 Å². The zero-order chi connectivity index (χ0) is 10.4. The Kier molecular flexibility index (Phi) is 4.80. The predicted molar refractivity (Wildman–Crippen MR) is 46.7 cm³/mol. The Morgan fingerprint density at radius 1 is 1.31 bits per heavy atom. The van der Waals surface area contributed by atoms with Gasteiger partial charge in [0, 0.05) is 18.9 Å². The van der Waals surface area contributed by atoms with Crippen LogP contribution in [0.1, 0.15) is 20.8 Å². The summed E-state index contributed by atoms with van der Waals surface area (Å²) in [6.07, 6.45) is 0.196. The minimum atomic E-state index is -0.831. The van der Waals surface area contributed by atoms with Crippen molar-refractivity contribution in [2.75, 3.05) is 0 Å². The quantitative estimate of drug-likeness (QED) is 0.377. The number of esters is 2. The first-order chi connectivity index (χ1) is 5.97. The third-order valence-electron chi connectivity index (χ3n) is 1.23. The van der Waals surface area contributed by atoms with Gasteiger partial charge in [-0.1, -0.05) is 20.4 Å². The fraction of sp³-hybridized carbons (Fsp3) is 0.556. The van der Waals surface area contributed by atoms with Crippen LogP contribution in [0.2, 0.25) is 0 Å². The van der Waals surface area contributed by atoms with Crippen molar-refractivity contribution in [3.63, 3.8) is 0 Å². The molecule has 0 aliphatic rings. The van der Waals surface area contributed by atoms with Gasteiger partial charge < -0.3 is 9.47 Å². The minimum absolute atomic E-state index is 0.0761. The molecule has 0 rings (SSSR count). The SMILES string of the molecule is C=CC(=O)OC(OC(C)=O)C(C)C. The van der Waals surface area contributed by atoms with E-state index in [2.05, 4.69) is 6.58 Å². The molecule has 0 aliphatic carbocycles. The summed E-state index contributed by atoms with van der Waals surface area (Å²) in [6.45, 7) is 8.06. The molecular formula is C9H14O4. The molecular weight excluding hydrogens is 172 g/mol. The fourth-order valence-corrected chi connectivity index (χ4v) is 0.622. The van der Waals surface area contributed by atoms with Crippen LogP contribution in [0.4, 0.5) is 0 Å². The Bertz CT molecular complexity index is 208. The average Bonchev–Trinajstić information content (AvgIpc) is 2.02. The molecule has 0 aliphatic heterocycles. The molecule has 1 atom stereocenters. The second-order valence-electron chi connectivity index (χ2n) is 2.86. The van der Waals surface area contributed by atoms with Crippen LogP contribution >= 0.6 is 0 Å². The lowest BCUT2D eigenvalue weighted by Crippen LogP contribution is -2.27. The topological polar surface area (TPSA) is 52.6 Å². The summed E-state index contributed by atoms with van der Waals surface area (Å²) >= 11 is 0. The molecule has 0 bridgehead atoms. The molecule has 1 unspecified atom stereocenters. The molecule has 0 saturated heterocycles. The summed E-state index contributed by atoms with van der Waals surface area (Å²) in [4.78, 5) is 21.4. The van der Waals surface area contributed by atoms with Crippen molar-refractivity contribution < 1.29 is 19.1 Å². The van der Waals surface area contributed by atoms with E-state index in [1.54, 1.807) is 13.8 Å². The average molecular weight is 186 g/mol. The molecule has 0 saturated carbocycles. The van der Waals surface area contributed by atoms with Crippen molar-refractivity contribution in [1.82, 2.24) is 0 Å². The zero-order valence-electron chi connectivity index (χ0n) is 8.07. The third-order valence-corrected chi connectivity index (χ3v) is 1.23. The van der Waals surface area contributed by atoms with Crippen LogP contribution in [0.25, 0.3) is 0 Å². The molecule has 0 spiro atoms. The highest BCUT2D eigenvalue weighted by molar-refractivity contribution is 5.81. The number of ether oxygens (including phenoxy) is 2. The molecule has 0 radical (unpaired) electrons. The zero-order valence-corrected chi connectivity index (χ0v) is 8.07. The van der Waals surface area contributed by atoms with E-state index in [9.17, 15) is 9.59 Å². The van der Waals surface area contributed by atoms with Crippen molar-refractivity contribution in [3.05, 3.63) is 12.7 Å². The lowest BCUT2D eigenvalue weighted by Gasteiger charge is -2.19. The van der Waals surface area contributed by atoms with E-state index in [0.29, 0.717) is 0 Å². The van der Waals surface area contributed by atoms with Crippen LogP contribution in [-0.4, -0.2) is 18.2 Å². The van der Waals surface area contributed by atoms with Gasteiger partial charge in [0.25, 0.3) is 0 Å². The van der Waals surface area contributed by atoms with E-state index in [1.165, 1.54) is 6.92 Å². The van der Waals surface area contributed by atoms with Gasteiger partial charge in [-0.25, -0.2) is 4.79 Å². The highest BCUT2D eigenvalue weighted by Crippen LogP contribution is 2.08. The van der Waals surface area contributed by atoms with Gasteiger partial charge in [0.2, 0.25) is 6.29 Å². The molecule has 0 amide bonds. The van der Waals surface area contributed by atoms with Crippen molar-refractivity contribution in [2.24, 2.45) is 5.92 Å². The van der Waals surface area contributed by atoms with Gasteiger partial charge in [0.15, 0.2) is 0 Å². The number of hydrogen-bond donors (Lipinski definition) is 0. The van der Waals surface area contributed by atoms with Crippen LogP contribution in [-0.2, 0) is 19.1 Å². The molecule has 0 aromatic carbocycles. The largest absolute Gasteiger partial charge is 0.425 e. The van der Waals surface area contributed by atoms with Crippen LogP contribution in [0, 0.1) is 5.92 Å². The van der Waals surface area contributed by atoms with Crippen LogP contribution < -0.4 is 0 Å². The van der Waals surface area contributed by atoms with Gasteiger partial charge in [0.05, 0.1) is 0 Å². The summed E-state index contributed by atoms with van der Waals surface area (Å²) in [7, 11) is 0. The van der Waals surface area contributed by atoms with E-state index in [1.807, 2.05) is 0 Å². The highest BCUT2D eigenvalue weighted by Gasteiger charge is 2.19. The standard InChI is InChI=1S/C9H14O4/c1-5-8(11)13-9(6(2)3)12-7(4)10/h5-6,9H,1H2,2-4H3. The number of carbonyl (C=O) groups excluding carboxylic acids is 2.